The number of hydrogen-bond donors (Lipinski definition) is 1. The van der Waals surface area contributed by atoms with Gasteiger partial charge in [0.05, 0.1) is 5.56 Å². The maximum atomic E-state index is 13.7. The van der Waals surface area contributed by atoms with Crippen LogP contribution in [0.1, 0.15) is 15.9 Å². The SMILES string of the molecule is C=CCNC(=O)C(N(Cc1ccncc1)C(=O)c1cccnc1)C(F)(F)F. The van der Waals surface area contributed by atoms with Crippen molar-refractivity contribution in [3.8, 4) is 0 Å². The predicted molar refractivity (Wildman–Crippen MR) is 91.4 cm³/mol. The molecule has 0 fully saturated rings. The predicted octanol–water partition coefficient (Wildman–Crippen LogP) is 2.35. The highest BCUT2D eigenvalue weighted by atomic mass is 19.4. The largest absolute Gasteiger partial charge is 0.417 e. The molecule has 2 aromatic rings. The molecule has 2 rings (SSSR count). The van der Waals surface area contributed by atoms with E-state index in [1.165, 1.54) is 48.9 Å². The van der Waals surface area contributed by atoms with Gasteiger partial charge in [-0.15, -0.1) is 6.58 Å². The molecule has 27 heavy (non-hydrogen) atoms. The summed E-state index contributed by atoms with van der Waals surface area (Å²) in [6.07, 6.45) is 1.60. The molecule has 0 aliphatic carbocycles. The van der Waals surface area contributed by atoms with Crippen LogP contribution in [0.25, 0.3) is 0 Å². The van der Waals surface area contributed by atoms with Crippen molar-refractivity contribution in [1.82, 2.24) is 20.2 Å². The van der Waals surface area contributed by atoms with Gasteiger partial charge >= 0.3 is 6.18 Å². The fourth-order valence-electron chi connectivity index (χ4n) is 2.36. The Labute approximate surface area is 153 Å². The van der Waals surface area contributed by atoms with E-state index in [0.717, 1.165) is 6.20 Å². The van der Waals surface area contributed by atoms with Gasteiger partial charge in [0.25, 0.3) is 11.8 Å². The van der Waals surface area contributed by atoms with Gasteiger partial charge in [0.1, 0.15) is 0 Å². The summed E-state index contributed by atoms with van der Waals surface area (Å²) in [5.41, 5.74) is 0.338. The monoisotopic (exact) mass is 378 g/mol. The van der Waals surface area contributed by atoms with Crippen LogP contribution in [0.3, 0.4) is 0 Å². The second-order valence-corrected chi connectivity index (χ2v) is 5.51. The quantitative estimate of drug-likeness (QED) is 0.751. The van der Waals surface area contributed by atoms with Crippen molar-refractivity contribution < 1.29 is 22.8 Å². The molecule has 1 unspecified atom stereocenters. The zero-order valence-corrected chi connectivity index (χ0v) is 14.2. The Kier molecular flexibility index (Phi) is 6.64. The van der Waals surface area contributed by atoms with Gasteiger partial charge in [-0.3, -0.25) is 19.6 Å². The third-order valence-corrected chi connectivity index (χ3v) is 3.56. The summed E-state index contributed by atoms with van der Waals surface area (Å²) in [5.74, 6) is -2.30. The Morgan fingerprint density at radius 1 is 1.19 bits per heavy atom. The molecule has 2 heterocycles. The number of rotatable bonds is 7. The van der Waals surface area contributed by atoms with Gasteiger partial charge in [-0.05, 0) is 29.8 Å². The summed E-state index contributed by atoms with van der Waals surface area (Å²) in [6, 6.07) is 3.04. The van der Waals surface area contributed by atoms with E-state index >= 15 is 0 Å². The first kappa shape index (κ1) is 20.1. The molecule has 2 aromatic heterocycles. The van der Waals surface area contributed by atoms with Crippen LogP contribution in [0.5, 0.6) is 0 Å². The molecule has 1 atom stereocenters. The van der Waals surface area contributed by atoms with Gasteiger partial charge in [0.15, 0.2) is 0 Å². The van der Waals surface area contributed by atoms with Crippen LogP contribution in [0.2, 0.25) is 0 Å². The van der Waals surface area contributed by atoms with Gasteiger partial charge in [-0.25, -0.2) is 0 Å². The topological polar surface area (TPSA) is 75.2 Å². The van der Waals surface area contributed by atoms with Crippen LogP contribution in [-0.2, 0) is 11.3 Å². The fraction of sp³-hybridized carbons (Fsp3) is 0.222. The Bertz CT molecular complexity index is 782. The summed E-state index contributed by atoms with van der Waals surface area (Å²) in [4.78, 5) is 33.0. The number of aromatic nitrogens is 2. The average molecular weight is 378 g/mol. The zero-order valence-electron chi connectivity index (χ0n) is 14.2. The lowest BCUT2D eigenvalue weighted by molar-refractivity contribution is -0.185. The smallest absolute Gasteiger partial charge is 0.351 e. The Morgan fingerprint density at radius 2 is 1.89 bits per heavy atom. The van der Waals surface area contributed by atoms with Gasteiger partial charge < -0.3 is 10.2 Å². The molecule has 142 valence electrons. The first-order chi connectivity index (χ1) is 12.8. The highest BCUT2D eigenvalue weighted by Gasteiger charge is 2.50. The van der Waals surface area contributed by atoms with Gasteiger partial charge in [0, 0.05) is 37.9 Å². The van der Waals surface area contributed by atoms with Gasteiger partial charge in [-0.2, -0.15) is 13.2 Å². The van der Waals surface area contributed by atoms with Crippen molar-refractivity contribution in [1.29, 1.82) is 0 Å². The van der Waals surface area contributed by atoms with E-state index in [1.807, 2.05) is 0 Å². The van der Waals surface area contributed by atoms with Crippen molar-refractivity contribution in [2.45, 2.75) is 18.8 Å². The van der Waals surface area contributed by atoms with Crippen molar-refractivity contribution in [2.24, 2.45) is 0 Å². The molecule has 0 aromatic carbocycles. The Morgan fingerprint density at radius 3 is 2.44 bits per heavy atom. The van der Waals surface area contributed by atoms with E-state index in [0.29, 0.717) is 10.5 Å². The third kappa shape index (κ3) is 5.37. The number of pyridine rings is 2. The lowest BCUT2D eigenvalue weighted by Gasteiger charge is -2.32. The summed E-state index contributed by atoms with van der Waals surface area (Å²) in [7, 11) is 0. The highest BCUT2D eigenvalue weighted by Crippen LogP contribution is 2.28. The summed E-state index contributed by atoms with van der Waals surface area (Å²) >= 11 is 0. The summed E-state index contributed by atoms with van der Waals surface area (Å²) < 4.78 is 41.2. The second kappa shape index (κ2) is 8.93. The van der Waals surface area contributed by atoms with Crippen molar-refractivity contribution >= 4 is 11.8 Å². The van der Waals surface area contributed by atoms with Gasteiger partial charge in [-0.1, -0.05) is 6.08 Å². The van der Waals surface area contributed by atoms with Crippen LogP contribution in [0, 0.1) is 0 Å². The number of nitrogens with one attached hydrogen (secondary N) is 1. The van der Waals surface area contributed by atoms with E-state index in [1.54, 1.807) is 0 Å². The number of carbonyl (C=O) groups excluding carboxylic acids is 2. The number of alkyl halides is 3. The van der Waals surface area contributed by atoms with Crippen molar-refractivity contribution in [3.05, 3.63) is 72.8 Å². The van der Waals surface area contributed by atoms with Crippen LogP contribution in [0.15, 0.2) is 61.7 Å². The standard InChI is InChI=1S/C18H17F3N4O2/c1-2-7-24-16(26)15(18(19,20)21)25(12-13-5-9-22-10-6-13)17(27)14-4-3-8-23-11-14/h2-6,8-11,15H,1,7,12H2,(H,24,26). The number of hydrogen-bond acceptors (Lipinski definition) is 4. The van der Waals surface area contributed by atoms with Crippen LogP contribution in [0.4, 0.5) is 13.2 Å². The first-order valence-electron chi connectivity index (χ1n) is 7.90. The molecule has 9 heteroatoms. The van der Waals surface area contributed by atoms with Crippen molar-refractivity contribution in [3.63, 3.8) is 0 Å². The molecular weight excluding hydrogens is 361 g/mol. The number of nitrogens with zero attached hydrogens (tertiary/aromatic N) is 3. The van der Waals surface area contributed by atoms with E-state index in [2.05, 4.69) is 21.9 Å². The molecule has 0 spiro atoms. The van der Waals surface area contributed by atoms with E-state index in [4.69, 9.17) is 0 Å². The minimum atomic E-state index is -4.98. The first-order valence-corrected chi connectivity index (χ1v) is 7.90. The van der Waals surface area contributed by atoms with Crippen LogP contribution in [-0.4, -0.2) is 45.4 Å². The number of amides is 2. The summed E-state index contributed by atoms with van der Waals surface area (Å²) in [5, 5.41) is 2.11. The molecule has 0 radical (unpaired) electrons. The molecule has 2 amide bonds. The molecule has 0 bridgehead atoms. The summed E-state index contributed by atoms with van der Waals surface area (Å²) in [6.45, 7) is 2.77. The molecule has 1 N–H and O–H groups in total. The zero-order chi connectivity index (χ0) is 19.9. The van der Waals surface area contributed by atoms with Crippen molar-refractivity contribution in [2.75, 3.05) is 6.54 Å². The van der Waals surface area contributed by atoms with E-state index < -0.39 is 30.6 Å². The molecule has 0 aliphatic rings. The molecule has 0 aliphatic heterocycles. The van der Waals surface area contributed by atoms with Crippen LogP contribution < -0.4 is 5.32 Å². The van der Waals surface area contributed by atoms with Gasteiger partial charge in [0.2, 0.25) is 6.04 Å². The second-order valence-electron chi connectivity index (χ2n) is 5.51. The Balaban J connectivity index is 2.45. The minimum Gasteiger partial charge on any atom is -0.351 e. The lowest BCUT2D eigenvalue weighted by Crippen LogP contribution is -2.56. The Hall–Kier alpha value is -3.23. The maximum Gasteiger partial charge on any atom is 0.417 e. The molecule has 0 saturated carbocycles. The lowest BCUT2D eigenvalue weighted by atomic mass is 10.1. The number of halogens is 3. The molecular formula is C18H17F3N4O2. The van der Waals surface area contributed by atoms with Crippen LogP contribution >= 0.6 is 0 Å². The number of carbonyl (C=O) groups is 2. The van der Waals surface area contributed by atoms with E-state index in [9.17, 15) is 22.8 Å². The third-order valence-electron chi connectivity index (χ3n) is 3.56. The normalized spacial score (nSPS) is 12.1. The molecule has 6 nitrogen and oxygen atoms in total. The fourth-order valence-corrected chi connectivity index (χ4v) is 2.36. The molecule has 0 saturated heterocycles. The highest BCUT2D eigenvalue weighted by molar-refractivity contribution is 5.97. The minimum absolute atomic E-state index is 0.0580. The average Bonchev–Trinajstić information content (AvgIpc) is 2.65. The van der Waals surface area contributed by atoms with E-state index in [-0.39, 0.29) is 12.1 Å². The maximum absolute atomic E-state index is 13.7.